The molecule has 0 unspecified atom stereocenters. The molecule has 0 saturated carbocycles. The fraction of sp³-hybridized carbons (Fsp3) is 0.600. The van der Waals surface area contributed by atoms with Crippen LogP contribution in [0.1, 0.15) is 56.7 Å². The van der Waals surface area contributed by atoms with Crippen LogP contribution >= 0.6 is 0 Å². The van der Waals surface area contributed by atoms with Crippen molar-refractivity contribution in [2.24, 2.45) is 0 Å². The minimum absolute atomic E-state index is 0.0798. The van der Waals surface area contributed by atoms with Gasteiger partial charge in [-0.05, 0) is 36.8 Å². The molecule has 0 heterocycles. The van der Waals surface area contributed by atoms with Crippen LogP contribution in [0, 0.1) is 0 Å². The topological polar surface area (TPSA) is 40.5 Å². The van der Waals surface area contributed by atoms with E-state index in [0.29, 0.717) is 0 Å². The summed E-state index contributed by atoms with van der Waals surface area (Å²) in [6, 6.07) is 2.07. The molecule has 0 amide bonds. The van der Waals surface area contributed by atoms with Crippen molar-refractivity contribution in [2.75, 3.05) is 0 Å². The molecule has 1 aromatic carbocycles. The Morgan fingerprint density at radius 3 is 2.12 bits per heavy atom. The van der Waals surface area contributed by atoms with Crippen LogP contribution in [0.25, 0.3) is 0 Å². The van der Waals surface area contributed by atoms with E-state index in [-0.39, 0.29) is 11.5 Å². The first-order valence-electron chi connectivity index (χ1n) is 6.71. The number of phenols is 2. The summed E-state index contributed by atoms with van der Waals surface area (Å²) in [7, 11) is 0. The van der Waals surface area contributed by atoms with E-state index in [4.69, 9.17) is 0 Å². The van der Waals surface area contributed by atoms with E-state index in [1.54, 1.807) is 0 Å². The van der Waals surface area contributed by atoms with Crippen LogP contribution in [-0.2, 0) is 19.3 Å². The third-order valence-corrected chi connectivity index (χ3v) is 3.23. The predicted octanol–water partition coefficient (Wildman–Crippen LogP) is 3.96. The van der Waals surface area contributed by atoms with Crippen LogP contribution in [0.15, 0.2) is 6.07 Å². The van der Waals surface area contributed by atoms with Gasteiger partial charge in [0, 0.05) is 5.56 Å². The molecule has 1 aromatic rings. The van der Waals surface area contributed by atoms with Crippen molar-refractivity contribution in [1.82, 2.24) is 0 Å². The molecule has 17 heavy (non-hydrogen) atoms. The van der Waals surface area contributed by atoms with Gasteiger partial charge in [-0.25, -0.2) is 0 Å². The van der Waals surface area contributed by atoms with Crippen LogP contribution < -0.4 is 0 Å². The van der Waals surface area contributed by atoms with Gasteiger partial charge in [0.25, 0.3) is 0 Å². The van der Waals surface area contributed by atoms with Crippen molar-refractivity contribution in [1.29, 1.82) is 0 Å². The van der Waals surface area contributed by atoms with Crippen LogP contribution in [0.3, 0.4) is 0 Å². The summed E-state index contributed by atoms with van der Waals surface area (Å²) in [5.74, 6) is 0.188. The maximum absolute atomic E-state index is 10.1. The van der Waals surface area contributed by atoms with E-state index in [0.717, 1.165) is 49.7 Å². The van der Waals surface area contributed by atoms with Gasteiger partial charge < -0.3 is 10.2 Å². The van der Waals surface area contributed by atoms with Crippen molar-refractivity contribution in [3.05, 3.63) is 22.8 Å². The first kappa shape index (κ1) is 13.9. The normalized spacial score (nSPS) is 10.8. The van der Waals surface area contributed by atoms with Crippen LogP contribution in [0.5, 0.6) is 11.5 Å². The van der Waals surface area contributed by atoms with Gasteiger partial charge in [0.15, 0.2) is 11.5 Å². The summed E-state index contributed by atoms with van der Waals surface area (Å²) in [6.45, 7) is 6.26. The Balaban J connectivity index is 3.18. The van der Waals surface area contributed by atoms with Crippen LogP contribution in [0.4, 0.5) is 0 Å². The Kier molecular flexibility index (Phi) is 5.33. The Labute approximate surface area is 104 Å². The molecule has 0 spiro atoms. The molecule has 0 aromatic heterocycles. The zero-order valence-corrected chi connectivity index (χ0v) is 11.2. The molecule has 2 heteroatoms. The maximum Gasteiger partial charge on any atom is 0.161 e. The first-order valence-corrected chi connectivity index (χ1v) is 6.71. The van der Waals surface area contributed by atoms with E-state index < -0.39 is 0 Å². The minimum atomic E-state index is 0.0798. The third kappa shape index (κ3) is 3.15. The Morgan fingerprint density at radius 1 is 0.882 bits per heavy atom. The fourth-order valence-electron chi connectivity index (χ4n) is 2.20. The Bertz CT molecular complexity index is 370. The summed E-state index contributed by atoms with van der Waals surface area (Å²) in [6.07, 6.45) is 5.84. The number of phenolic OH excluding ortho intramolecular Hbond substituents is 2. The average molecular weight is 236 g/mol. The summed E-state index contributed by atoms with van der Waals surface area (Å²) in [4.78, 5) is 0. The van der Waals surface area contributed by atoms with Crippen LogP contribution in [0.2, 0.25) is 0 Å². The van der Waals surface area contributed by atoms with Crippen molar-refractivity contribution < 1.29 is 10.2 Å². The summed E-state index contributed by atoms with van der Waals surface area (Å²) >= 11 is 0. The van der Waals surface area contributed by atoms with Gasteiger partial charge in [-0.15, -0.1) is 0 Å². The second kappa shape index (κ2) is 6.53. The number of rotatable bonds is 6. The first-order chi connectivity index (χ1) is 8.15. The summed E-state index contributed by atoms with van der Waals surface area (Å²) in [5, 5.41) is 20.0. The van der Waals surface area contributed by atoms with Gasteiger partial charge in [0.05, 0.1) is 0 Å². The molecular formula is C15H24O2. The van der Waals surface area contributed by atoms with Gasteiger partial charge in [-0.2, -0.15) is 0 Å². The van der Waals surface area contributed by atoms with E-state index in [2.05, 4.69) is 19.9 Å². The van der Waals surface area contributed by atoms with Crippen molar-refractivity contribution in [3.8, 4) is 11.5 Å². The van der Waals surface area contributed by atoms with E-state index in [1.807, 2.05) is 6.92 Å². The molecule has 0 aliphatic rings. The Hall–Kier alpha value is -1.18. The molecule has 0 atom stereocenters. The van der Waals surface area contributed by atoms with Crippen molar-refractivity contribution >= 4 is 0 Å². The number of unbranched alkanes of at least 4 members (excludes halogenated alkanes) is 1. The van der Waals surface area contributed by atoms with Gasteiger partial charge in [-0.3, -0.25) is 0 Å². The molecule has 1 rings (SSSR count). The van der Waals surface area contributed by atoms with E-state index in [9.17, 15) is 10.2 Å². The standard InChI is InChI=1S/C15H24O2/c1-4-7-9-12-10-11(6-3)14(16)15(17)13(12)8-5-2/h10,16-17H,4-9H2,1-3H3. The number of aryl methyl sites for hydroxylation is 2. The zero-order chi connectivity index (χ0) is 12.8. The second-order valence-electron chi connectivity index (χ2n) is 4.58. The monoisotopic (exact) mass is 236 g/mol. The largest absolute Gasteiger partial charge is 0.504 e. The quantitative estimate of drug-likeness (QED) is 0.734. The number of hydrogen-bond acceptors (Lipinski definition) is 2. The molecule has 96 valence electrons. The lowest BCUT2D eigenvalue weighted by Crippen LogP contribution is -1.98. The lowest BCUT2D eigenvalue weighted by molar-refractivity contribution is 0.394. The van der Waals surface area contributed by atoms with Gasteiger partial charge in [0.1, 0.15) is 0 Å². The predicted molar refractivity (Wildman–Crippen MR) is 71.8 cm³/mol. The molecule has 2 N–H and O–H groups in total. The molecule has 0 fully saturated rings. The highest BCUT2D eigenvalue weighted by molar-refractivity contribution is 5.54. The number of benzene rings is 1. The minimum Gasteiger partial charge on any atom is -0.504 e. The van der Waals surface area contributed by atoms with E-state index in [1.165, 1.54) is 5.56 Å². The smallest absolute Gasteiger partial charge is 0.161 e. The molecule has 0 aliphatic heterocycles. The van der Waals surface area contributed by atoms with Gasteiger partial charge >= 0.3 is 0 Å². The average Bonchev–Trinajstić information content (AvgIpc) is 2.34. The Morgan fingerprint density at radius 2 is 1.59 bits per heavy atom. The molecule has 0 saturated heterocycles. The fourth-order valence-corrected chi connectivity index (χ4v) is 2.20. The number of hydrogen-bond donors (Lipinski definition) is 2. The molecule has 0 bridgehead atoms. The second-order valence-corrected chi connectivity index (χ2v) is 4.58. The molecule has 0 radical (unpaired) electrons. The SMILES string of the molecule is CCCCc1cc(CC)c(O)c(O)c1CCC. The van der Waals surface area contributed by atoms with Crippen LogP contribution in [-0.4, -0.2) is 10.2 Å². The van der Waals surface area contributed by atoms with Crippen molar-refractivity contribution in [2.45, 2.75) is 59.3 Å². The third-order valence-electron chi connectivity index (χ3n) is 3.23. The van der Waals surface area contributed by atoms with Crippen molar-refractivity contribution in [3.63, 3.8) is 0 Å². The molecule has 0 aliphatic carbocycles. The highest BCUT2D eigenvalue weighted by Crippen LogP contribution is 2.37. The summed E-state index contributed by atoms with van der Waals surface area (Å²) < 4.78 is 0. The highest BCUT2D eigenvalue weighted by atomic mass is 16.3. The maximum atomic E-state index is 10.1. The summed E-state index contributed by atoms with van der Waals surface area (Å²) in [5.41, 5.74) is 3.00. The highest BCUT2D eigenvalue weighted by Gasteiger charge is 2.15. The van der Waals surface area contributed by atoms with E-state index >= 15 is 0 Å². The zero-order valence-electron chi connectivity index (χ0n) is 11.2. The lowest BCUT2D eigenvalue weighted by Gasteiger charge is -2.15. The number of aromatic hydroxyl groups is 2. The molecule has 2 nitrogen and oxygen atoms in total. The molecular weight excluding hydrogens is 212 g/mol. The van der Waals surface area contributed by atoms with Gasteiger partial charge in [0.2, 0.25) is 0 Å². The lowest BCUT2D eigenvalue weighted by atomic mass is 9.94. The van der Waals surface area contributed by atoms with Gasteiger partial charge in [-0.1, -0.05) is 39.7 Å².